The summed E-state index contributed by atoms with van der Waals surface area (Å²) in [6, 6.07) is 25.2. The van der Waals surface area contributed by atoms with Crippen molar-refractivity contribution in [3.8, 4) is 22.3 Å². The smallest absolute Gasteiger partial charge is 0.412 e. The predicted octanol–water partition coefficient (Wildman–Crippen LogP) is 10.3. The molecule has 0 radical (unpaired) electrons. The monoisotopic (exact) mass is 705 g/mol. The lowest BCUT2D eigenvalue weighted by atomic mass is 9.98. The van der Waals surface area contributed by atoms with Crippen molar-refractivity contribution in [2.45, 2.75) is 91.5 Å². The van der Waals surface area contributed by atoms with Gasteiger partial charge in [-0.05, 0) is 137 Å². The van der Waals surface area contributed by atoms with Crippen molar-refractivity contribution in [3.63, 3.8) is 0 Å². The van der Waals surface area contributed by atoms with Crippen LogP contribution in [0.25, 0.3) is 22.3 Å². The number of fused-ring (bicyclic) bond motifs is 6. The summed E-state index contributed by atoms with van der Waals surface area (Å²) in [6.45, 7) is 16.3. The van der Waals surface area contributed by atoms with Gasteiger partial charge in [0.2, 0.25) is 0 Å². The number of carbonyl (C=O) groups is 4. The molecule has 2 aliphatic carbocycles. The molecule has 10 heteroatoms. The quantitative estimate of drug-likeness (QED) is 0.125. The third kappa shape index (κ3) is 9.37. The van der Waals surface area contributed by atoms with Crippen molar-refractivity contribution in [1.29, 1.82) is 0 Å². The van der Waals surface area contributed by atoms with Crippen LogP contribution in [0.15, 0.2) is 78.9 Å². The fourth-order valence-electron chi connectivity index (χ4n) is 6.13. The van der Waals surface area contributed by atoms with Crippen molar-refractivity contribution < 1.29 is 33.4 Å². The van der Waals surface area contributed by atoms with Crippen LogP contribution in [0, 0.1) is 0 Å². The molecule has 0 aliphatic heterocycles. The van der Waals surface area contributed by atoms with Gasteiger partial charge in [-0.1, -0.05) is 48.5 Å². The molecular formula is C42H47N3O7. The number of amides is 3. The highest BCUT2D eigenvalue weighted by molar-refractivity contribution is 5.94. The largest absolute Gasteiger partial charge is 0.444 e. The Labute approximate surface area is 305 Å². The highest BCUT2D eigenvalue weighted by Gasteiger charge is 2.30. The molecule has 0 heterocycles. The normalized spacial score (nSPS) is 12.9. The van der Waals surface area contributed by atoms with E-state index in [0.717, 1.165) is 46.2 Å². The Hall–Kier alpha value is -5.64. The van der Waals surface area contributed by atoms with Gasteiger partial charge in [0.1, 0.15) is 23.1 Å². The second-order valence-corrected chi connectivity index (χ2v) is 15.8. The zero-order valence-electron chi connectivity index (χ0n) is 31.2. The molecule has 4 aromatic rings. The Morgan fingerprint density at radius 2 is 1.04 bits per heavy atom. The van der Waals surface area contributed by atoms with E-state index in [1.54, 1.807) is 65.8 Å². The van der Waals surface area contributed by atoms with Crippen LogP contribution in [0.5, 0.6) is 0 Å². The number of hydrogen-bond acceptors (Lipinski definition) is 7. The summed E-state index contributed by atoms with van der Waals surface area (Å²) >= 11 is 0. The summed E-state index contributed by atoms with van der Waals surface area (Å²) < 4.78 is 15.9. The minimum absolute atomic E-state index is 0.410. The molecule has 0 atom stereocenters. The third-order valence-corrected chi connectivity index (χ3v) is 7.98. The standard InChI is InChI=1S/C24H28N2O5.C18H19NO2/c1-23(2,3)30-21(28)25-14-7-9-16-17-10-8-15(26-22(29)31-24(4,5)6)12-19(17)20(13-27)18(16)11-14;1-18(2,3)21-17(20)19-16-10-6-9-14-13-8-5-4-7-12(13)11-15(14)16/h7-13,20H,1-6H3,(H,25,28)(H,26,29);4-10H,11H2,1-3H3,(H,19,20). The molecule has 10 nitrogen and oxygen atoms in total. The van der Waals surface area contributed by atoms with Crippen LogP contribution < -0.4 is 16.0 Å². The van der Waals surface area contributed by atoms with E-state index >= 15 is 0 Å². The lowest BCUT2D eigenvalue weighted by Crippen LogP contribution is -2.27. The molecule has 2 aliphatic rings. The van der Waals surface area contributed by atoms with Crippen molar-refractivity contribution in [2.75, 3.05) is 16.0 Å². The zero-order valence-corrected chi connectivity index (χ0v) is 31.2. The average Bonchev–Trinajstić information content (AvgIpc) is 3.54. The van der Waals surface area contributed by atoms with Crippen LogP contribution in [0.1, 0.15) is 90.5 Å². The van der Waals surface area contributed by atoms with Gasteiger partial charge in [0.05, 0.1) is 5.92 Å². The Morgan fingerprint density at radius 1 is 0.577 bits per heavy atom. The fraction of sp³-hybridized carbons (Fsp3) is 0.333. The molecule has 0 aromatic heterocycles. The van der Waals surface area contributed by atoms with E-state index in [9.17, 15) is 19.2 Å². The lowest BCUT2D eigenvalue weighted by molar-refractivity contribution is -0.108. The Balaban J connectivity index is 0.000000216. The first-order valence-electron chi connectivity index (χ1n) is 17.2. The first-order chi connectivity index (χ1) is 24.3. The van der Waals surface area contributed by atoms with E-state index in [-0.39, 0.29) is 0 Å². The first kappa shape index (κ1) is 37.6. The van der Waals surface area contributed by atoms with Gasteiger partial charge in [0.15, 0.2) is 0 Å². The molecule has 0 saturated carbocycles. The number of ether oxygens (including phenoxy) is 3. The highest BCUT2D eigenvalue weighted by Crippen LogP contribution is 2.46. The van der Waals surface area contributed by atoms with Gasteiger partial charge >= 0.3 is 18.3 Å². The van der Waals surface area contributed by atoms with Crippen LogP contribution in [0.4, 0.5) is 31.4 Å². The van der Waals surface area contributed by atoms with Gasteiger partial charge in [-0.3, -0.25) is 16.0 Å². The maximum absolute atomic E-state index is 12.1. The number of carbonyl (C=O) groups excluding carboxylic acids is 4. The SMILES string of the molecule is CC(C)(C)OC(=O)Nc1ccc2c(c1)C(C=O)c1cc(NC(=O)OC(C)(C)C)ccc1-2.CC(C)(C)OC(=O)Nc1cccc2c1Cc1ccccc1-2. The van der Waals surface area contributed by atoms with Crippen LogP contribution in [0.3, 0.4) is 0 Å². The van der Waals surface area contributed by atoms with E-state index in [1.165, 1.54) is 16.7 Å². The van der Waals surface area contributed by atoms with E-state index in [2.05, 4.69) is 34.1 Å². The first-order valence-corrected chi connectivity index (χ1v) is 17.2. The van der Waals surface area contributed by atoms with E-state index in [4.69, 9.17) is 14.2 Å². The summed E-state index contributed by atoms with van der Waals surface area (Å²) in [7, 11) is 0. The summed E-state index contributed by atoms with van der Waals surface area (Å²) in [6.07, 6.45) is 0.173. The van der Waals surface area contributed by atoms with Crippen molar-refractivity contribution in [3.05, 3.63) is 101 Å². The Morgan fingerprint density at radius 3 is 1.52 bits per heavy atom. The fourth-order valence-corrected chi connectivity index (χ4v) is 6.13. The van der Waals surface area contributed by atoms with E-state index in [1.807, 2.05) is 57.2 Å². The summed E-state index contributed by atoms with van der Waals surface area (Å²) in [5, 5.41) is 8.29. The van der Waals surface area contributed by atoms with Gasteiger partial charge < -0.3 is 19.0 Å². The minimum Gasteiger partial charge on any atom is -0.444 e. The van der Waals surface area contributed by atoms with Gasteiger partial charge in [0.25, 0.3) is 0 Å². The maximum Gasteiger partial charge on any atom is 0.412 e. The molecule has 0 unspecified atom stereocenters. The molecule has 0 spiro atoms. The molecule has 6 rings (SSSR count). The number of benzene rings is 4. The summed E-state index contributed by atoms with van der Waals surface area (Å²) in [5.41, 5.74) is 8.48. The van der Waals surface area contributed by atoms with Crippen LogP contribution in [0.2, 0.25) is 0 Å². The molecule has 52 heavy (non-hydrogen) atoms. The number of anilines is 3. The number of hydrogen-bond donors (Lipinski definition) is 3. The van der Waals surface area contributed by atoms with E-state index < -0.39 is 41.0 Å². The van der Waals surface area contributed by atoms with Crippen molar-refractivity contribution in [1.82, 2.24) is 0 Å². The topological polar surface area (TPSA) is 132 Å². The number of rotatable bonds is 4. The average molecular weight is 706 g/mol. The third-order valence-electron chi connectivity index (χ3n) is 7.98. The summed E-state index contributed by atoms with van der Waals surface area (Å²) in [4.78, 5) is 48.1. The molecule has 272 valence electrons. The second kappa shape index (κ2) is 14.5. The molecule has 3 amide bonds. The van der Waals surface area contributed by atoms with Crippen molar-refractivity contribution >= 4 is 41.6 Å². The molecule has 4 aromatic carbocycles. The Kier molecular flexibility index (Phi) is 10.5. The van der Waals surface area contributed by atoms with Crippen LogP contribution >= 0.6 is 0 Å². The number of nitrogens with one attached hydrogen (secondary N) is 3. The predicted molar refractivity (Wildman–Crippen MR) is 204 cm³/mol. The highest BCUT2D eigenvalue weighted by atomic mass is 16.6. The van der Waals surface area contributed by atoms with Gasteiger partial charge in [-0.2, -0.15) is 0 Å². The van der Waals surface area contributed by atoms with Crippen molar-refractivity contribution in [2.24, 2.45) is 0 Å². The van der Waals surface area contributed by atoms with Crippen LogP contribution in [-0.4, -0.2) is 41.4 Å². The van der Waals surface area contributed by atoms with E-state index in [0.29, 0.717) is 11.4 Å². The minimum atomic E-state index is -0.611. The molecule has 0 bridgehead atoms. The molecular weight excluding hydrogens is 658 g/mol. The maximum atomic E-state index is 12.1. The van der Waals surface area contributed by atoms with Gasteiger partial charge in [0, 0.05) is 23.5 Å². The number of aldehydes is 1. The van der Waals surface area contributed by atoms with Gasteiger partial charge in [-0.15, -0.1) is 0 Å². The van der Waals surface area contributed by atoms with Gasteiger partial charge in [-0.25, -0.2) is 14.4 Å². The zero-order chi connectivity index (χ0) is 38.0. The second-order valence-electron chi connectivity index (χ2n) is 15.8. The molecule has 3 N–H and O–H groups in total. The lowest BCUT2D eigenvalue weighted by Gasteiger charge is -2.20. The van der Waals surface area contributed by atoms with Crippen LogP contribution in [-0.2, 0) is 25.4 Å². The molecule has 0 saturated heterocycles. The molecule has 0 fully saturated rings. The Bertz CT molecular complexity index is 1940. The summed E-state index contributed by atoms with van der Waals surface area (Å²) in [5.74, 6) is -0.509.